The van der Waals surface area contributed by atoms with Crippen molar-refractivity contribution in [3.05, 3.63) is 0 Å². The minimum absolute atomic E-state index is 0.185. The lowest BCUT2D eigenvalue weighted by Gasteiger charge is -2.14. The summed E-state index contributed by atoms with van der Waals surface area (Å²) in [4.78, 5) is 10.5. The zero-order valence-corrected chi connectivity index (χ0v) is 7.03. The third-order valence-electron chi connectivity index (χ3n) is 1.39. The molecule has 0 saturated carbocycles. The first-order valence-corrected chi connectivity index (χ1v) is 3.90. The van der Waals surface area contributed by atoms with Gasteiger partial charge in [0.15, 0.2) is 6.29 Å². The quantitative estimate of drug-likeness (QED) is 0.396. The lowest BCUT2D eigenvalue weighted by atomic mass is 10.2. The van der Waals surface area contributed by atoms with Crippen molar-refractivity contribution in [3.63, 3.8) is 0 Å². The second-order valence-corrected chi connectivity index (χ2v) is 2.56. The van der Waals surface area contributed by atoms with Gasteiger partial charge < -0.3 is 20.6 Å². The maximum absolute atomic E-state index is 10.5. The van der Waals surface area contributed by atoms with Gasteiger partial charge >= 0.3 is 5.97 Å². The van der Waals surface area contributed by atoms with E-state index in [0.29, 0.717) is 6.54 Å². The highest BCUT2D eigenvalue weighted by molar-refractivity contribution is 5.73. The summed E-state index contributed by atoms with van der Waals surface area (Å²) in [7, 11) is 0. The van der Waals surface area contributed by atoms with Gasteiger partial charge in [0, 0.05) is 6.42 Å². The lowest BCUT2D eigenvalue weighted by molar-refractivity contribution is -0.142. The topological polar surface area (TPSA) is 89.8 Å². The summed E-state index contributed by atoms with van der Waals surface area (Å²) in [6.07, 6.45) is -0.948. The maximum atomic E-state index is 10.5. The van der Waals surface area contributed by atoms with Crippen molar-refractivity contribution in [2.24, 2.45) is 0 Å². The Morgan fingerprint density at radius 3 is 2.42 bits per heavy atom. The van der Waals surface area contributed by atoms with E-state index in [2.05, 4.69) is 5.32 Å². The Bertz CT molecular complexity index is 137. The molecule has 1 atom stereocenters. The number of carboxylic acid groups (broad SMARTS) is 1. The molecule has 0 heterocycles. The molecule has 0 spiro atoms. The summed E-state index contributed by atoms with van der Waals surface area (Å²) in [5.74, 6) is -1.06. The van der Waals surface area contributed by atoms with Crippen LogP contribution in [-0.2, 0) is 4.79 Å². The number of aliphatic hydroxyl groups excluding tert-OH is 1. The van der Waals surface area contributed by atoms with Gasteiger partial charge in [0.1, 0.15) is 6.04 Å². The molecule has 12 heavy (non-hydrogen) atoms. The van der Waals surface area contributed by atoms with Crippen LogP contribution in [0.4, 0.5) is 0 Å². The Morgan fingerprint density at radius 1 is 1.50 bits per heavy atom. The summed E-state index contributed by atoms with van der Waals surface area (Å²) in [6, 6.07) is -0.870. The van der Waals surface area contributed by atoms with Crippen LogP contribution >= 0.6 is 0 Å². The molecule has 0 amide bonds. The van der Waals surface area contributed by atoms with Crippen LogP contribution in [0.3, 0.4) is 0 Å². The van der Waals surface area contributed by atoms with Gasteiger partial charge in [0.05, 0.1) is 0 Å². The Hall–Kier alpha value is -0.650. The van der Waals surface area contributed by atoms with E-state index in [-0.39, 0.29) is 6.42 Å². The second-order valence-electron chi connectivity index (χ2n) is 2.56. The van der Waals surface area contributed by atoms with Crippen molar-refractivity contribution in [1.82, 2.24) is 5.32 Å². The van der Waals surface area contributed by atoms with Crippen LogP contribution in [0.5, 0.6) is 0 Å². The van der Waals surface area contributed by atoms with E-state index in [0.717, 1.165) is 6.42 Å². The Morgan fingerprint density at radius 2 is 2.08 bits per heavy atom. The number of nitrogens with one attached hydrogen (secondary N) is 1. The van der Waals surface area contributed by atoms with Crippen molar-refractivity contribution in [3.8, 4) is 0 Å². The molecule has 0 aromatic rings. The molecule has 0 radical (unpaired) electrons. The number of rotatable bonds is 6. The first kappa shape index (κ1) is 11.4. The van der Waals surface area contributed by atoms with Crippen LogP contribution < -0.4 is 5.32 Å². The highest BCUT2D eigenvalue weighted by atomic mass is 16.5. The molecule has 0 aromatic carbocycles. The zero-order chi connectivity index (χ0) is 9.56. The molecule has 0 bridgehead atoms. The highest BCUT2D eigenvalue weighted by Gasteiger charge is 2.18. The molecular weight excluding hydrogens is 162 g/mol. The first-order valence-electron chi connectivity index (χ1n) is 3.90. The highest BCUT2D eigenvalue weighted by Crippen LogP contribution is 1.96. The van der Waals surface area contributed by atoms with Crippen molar-refractivity contribution >= 4 is 5.97 Å². The van der Waals surface area contributed by atoms with E-state index < -0.39 is 18.3 Å². The molecule has 5 heteroatoms. The van der Waals surface area contributed by atoms with Gasteiger partial charge in [0.25, 0.3) is 0 Å². The fraction of sp³-hybridized carbons (Fsp3) is 0.857. The molecule has 0 aromatic heterocycles. The molecule has 72 valence electrons. The van der Waals surface area contributed by atoms with Crippen LogP contribution in [0.2, 0.25) is 0 Å². The fourth-order valence-corrected chi connectivity index (χ4v) is 0.801. The van der Waals surface area contributed by atoms with E-state index in [1.807, 2.05) is 6.92 Å². The zero-order valence-electron chi connectivity index (χ0n) is 7.03. The molecule has 0 rings (SSSR count). The number of hydrogen-bond acceptors (Lipinski definition) is 4. The number of carboxylic acids is 1. The number of aliphatic carboxylic acids is 1. The lowest BCUT2D eigenvalue weighted by Crippen LogP contribution is -2.39. The predicted octanol–water partition coefficient (Wildman–Crippen LogP) is -0.860. The van der Waals surface area contributed by atoms with Gasteiger partial charge in [-0.25, -0.2) is 0 Å². The van der Waals surface area contributed by atoms with Gasteiger partial charge in [-0.15, -0.1) is 0 Å². The van der Waals surface area contributed by atoms with Crippen LogP contribution in [-0.4, -0.2) is 40.2 Å². The minimum atomic E-state index is -1.57. The van der Waals surface area contributed by atoms with Crippen LogP contribution in [0, 0.1) is 0 Å². The average Bonchev–Trinajstić information content (AvgIpc) is 1.96. The number of carbonyl (C=O) groups is 1. The summed E-state index contributed by atoms with van der Waals surface area (Å²) >= 11 is 0. The normalized spacial score (nSPS) is 13.3. The SMILES string of the molecule is CCCN[C@@H](CC(O)O)C(=O)O. The first-order chi connectivity index (χ1) is 5.57. The fourth-order valence-electron chi connectivity index (χ4n) is 0.801. The van der Waals surface area contributed by atoms with Crippen LogP contribution in [0.15, 0.2) is 0 Å². The smallest absolute Gasteiger partial charge is 0.320 e. The standard InChI is InChI=1S/C7H15NO4/c1-2-3-8-5(7(11)12)4-6(9)10/h5-6,8-10H,2-4H2,1H3,(H,11,12)/t5-/m0/s1. The van der Waals surface area contributed by atoms with E-state index >= 15 is 0 Å². The van der Waals surface area contributed by atoms with E-state index in [9.17, 15) is 4.79 Å². The maximum Gasteiger partial charge on any atom is 0.320 e. The molecule has 4 N–H and O–H groups in total. The van der Waals surface area contributed by atoms with E-state index in [1.165, 1.54) is 0 Å². The van der Waals surface area contributed by atoms with Gasteiger partial charge in [-0.05, 0) is 13.0 Å². The average molecular weight is 177 g/mol. The summed E-state index contributed by atoms with van der Waals surface area (Å²) < 4.78 is 0. The Labute approximate surface area is 71.0 Å². The van der Waals surface area contributed by atoms with Gasteiger partial charge in [-0.2, -0.15) is 0 Å². The second kappa shape index (κ2) is 5.93. The van der Waals surface area contributed by atoms with Gasteiger partial charge in [-0.1, -0.05) is 6.92 Å². The Balaban J connectivity index is 3.78. The molecule has 0 saturated heterocycles. The van der Waals surface area contributed by atoms with Crippen LogP contribution in [0.1, 0.15) is 19.8 Å². The van der Waals surface area contributed by atoms with Gasteiger partial charge in [-0.3, -0.25) is 4.79 Å². The molecular formula is C7H15NO4. The molecule has 0 aliphatic carbocycles. The predicted molar refractivity (Wildman–Crippen MR) is 42.6 cm³/mol. The summed E-state index contributed by atoms with van der Waals surface area (Å²) in [6.45, 7) is 2.46. The van der Waals surface area contributed by atoms with Crippen molar-refractivity contribution in [2.75, 3.05) is 6.54 Å². The molecule has 0 aliphatic rings. The van der Waals surface area contributed by atoms with Crippen molar-refractivity contribution < 1.29 is 20.1 Å². The minimum Gasteiger partial charge on any atom is -0.480 e. The third-order valence-corrected chi connectivity index (χ3v) is 1.39. The van der Waals surface area contributed by atoms with Crippen LogP contribution in [0.25, 0.3) is 0 Å². The molecule has 5 nitrogen and oxygen atoms in total. The molecule has 0 unspecified atom stereocenters. The monoisotopic (exact) mass is 177 g/mol. The van der Waals surface area contributed by atoms with E-state index in [1.54, 1.807) is 0 Å². The number of aliphatic hydroxyl groups is 2. The molecule has 0 aliphatic heterocycles. The number of hydrogen-bond donors (Lipinski definition) is 4. The summed E-state index contributed by atoms with van der Waals surface area (Å²) in [5, 5.41) is 28.3. The van der Waals surface area contributed by atoms with Crippen molar-refractivity contribution in [2.45, 2.75) is 32.1 Å². The summed E-state index contributed by atoms with van der Waals surface area (Å²) in [5.41, 5.74) is 0. The van der Waals surface area contributed by atoms with Crippen molar-refractivity contribution in [1.29, 1.82) is 0 Å². The van der Waals surface area contributed by atoms with E-state index in [4.69, 9.17) is 15.3 Å². The molecule has 0 fully saturated rings. The largest absolute Gasteiger partial charge is 0.480 e. The van der Waals surface area contributed by atoms with Gasteiger partial charge in [0.2, 0.25) is 0 Å². The Kier molecular flexibility index (Phi) is 5.61. The third kappa shape index (κ3) is 5.06.